The molecule has 2 atom stereocenters. The molecule has 0 unspecified atom stereocenters. The van der Waals surface area contributed by atoms with Crippen molar-refractivity contribution in [3.8, 4) is 0 Å². The SMILES string of the molecule is CN(CCc1ccc(Cl)cc1)[C@@H]1CCC[C@H]1NC(=O)c1ccc(S(C)(=O)=O)cc1.Cl. The second-order valence-corrected chi connectivity index (χ2v) is 10.2. The minimum absolute atomic E-state index is 0. The van der Waals surface area contributed by atoms with Crippen LogP contribution in [-0.4, -0.2) is 51.2 Å². The van der Waals surface area contributed by atoms with E-state index in [0.29, 0.717) is 11.6 Å². The van der Waals surface area contributed by atoms with Crippen LogP contribution in [0.3, 0.4) is 0 Å². The van der Waals surface area contributed by atoms with Gasteiger partial charge in [0.1, 0.15) is 0 Å². The fourth-order valence-electron chi connectivity index (χ4n) is 3.86. The third-order valence-corrected chi connectivity index (χ3v) is 6.95. The average Bonchev–Trinajstić information content (AvgIpc) is 3.15. The van der Waals surface area contributed by atoms with Gasteiger partial charge in [0.25, 0.3) is 5.91 Å². The van der Waals surface area contributed by atoms with Crippen molar-refractivity contribution in [2.75, 3.05) is 19.8 Å². The number of benzene rings is 2. The quantitative estimate of drug-likeness (QED) is 0.663. The average molecular weight is 471 g/mol. The maximum Gasteiger partial charge on any atom is 0.251 e. The van der Waals surface area contributed by atoms with Gasteiger partial charge in [0.2, 0.25) is 0 Å². The molecule has 30 heavy (non-hydrogen) atoms. The van der Waals surface area contributed by atoms with Gasteiger partial charge in [0, 0.05) is 35.5 Å². The lowest BCUT2D eigenvalue weighted by molar-refractivity contribution is 0.0913. The van der Waals surface area contributed by atoms with E-state index < -0.39 is 9.84 Å². The van der Waals surface area contributed by atoms with Crippen LogP contribution in [0.15, 0.2) is 53.4 Å². The van der Waals surface area contributed by atoms with Crippen molar-refractivity contribution in [2.24, 2.45) is 0 Å². The highest BCUT2D eigenvalue weighted by molar-refractivity contribution is 7.90. The van der Waals surface area contributed by atoms with E-state index in [-0.39, 0.29) is 29.3 Å². The summed E-state index contributed by atoms with van der Waals surface area (Å²) >= 11 is 5.95. The summed E-state index contributed by atoms with van der Waals surface area (Å²) in [6.45, 7) is 0.904. The Kier molecular flexibility index (Phi) is 8.73. The van der Waals surface area contributed by atoms with Crippen LogP contribution in [0, 0.1) is 0 Å². The van der Waals surface area contributed by atoms with Crippen molar-refractivity contribution < 1.29 is 13.2 Å². The fraction of sp³-hybridized carbons (Fsp3) is 0.409. The van der Waals surface area contributed by atoms with E-state index in [2.05, 4.69) is 17.3 Å². The molecule has 8 heteroatoms. The van der Waals surface area contributed by atoms with Gasteiger partial charge >= 0.3 is 0 Å². The zero-order chi connectivity index (χ0) is 21.0. The van der Waals surface area contributed by atoms with Crippen LogP contribution in [0.4, 0.5) is 0 Å². The normalized spacial score (nSPS) is 18.8. The van der Waals surface area contributed by atoms with Crippen LogP contribution in [0.5, 0.6) is 0 Å². The van der Waals surface area contributed by atoms with Crippen LogP contribution in [0.1, 0.15) is 35.2 Å². The van der Waals surface area contributed by atoms with Crippen LogP contribution in [0.25, 0.3) is 0 Å². The number of carbonyl (C=O) groups is 1. The van der Waals surface area contributed by atoms with Crippen LogP contribution >= 0.6 is 24.0 Å². The van der Waals surface area contributed by atoms with E-state index in [9.17, 15) is 13.2 Å². The minimum atomic E-state index is -3.27. The van der Waals surface area contributed by atoms with Gasteiger partial charge in [-0.1, -0.05) is 23.7 Å². The number of nitrogens with zero attached hydrogens (tertiary/aromatic N) is 1. The molecule has 0 aromatic heterocycles. The molecule has 1 aliphatic carbocycles. The van der Waals surface area contributed by atoms with Gasteiger partial charge in [-0.25, -0.2) is 8.42 Å². The topological polar surface area (TPSA) is 66.5 Å². The Morgan fingerprint density at radius 2 is 1.73 bits per heavy atom. The zero-order valence-electron chi connectivity index (χ0n) is 17.2. The van der Waals surface area contributed by atoms with Crippen molar-refractivity contribution in [1.82, 2.24) is 10.2 Å². The maximum absolute atomic E-state index is 12.6. The lowest BCUT2D eigenvalue weighted by Crippen LogP contribution is -2.47. The summed E-state index contributed by atoms with van der Waals surface area (Å²) in [5.74, 6) is -0.159. The van der Waals surface area contributed by atoms with Gasteiger partial charge in [0.05, 0.1) is 4.90 Å². The number of rotatable bonds is 7. The number of amides is 1. The van der Waals surface area contributed by atoms with Gasteiger partial charge < -0.3 is 10.2 Å². The van der Waals surface area contributed by atoms with E-state index in [1.54, 1.807) is 12.1 Å². The number of hydrogen-bond donors (Lipinski definition) is 1. The van der Waals surface area contributed by atoms with Crippen LogP contribution < -0.4 is 5.32 Å². The van der Waals surface area contributed by atoms with Crippen molar-refractivity contribution in [3.63, 3.8) is 0 Å². The standard InChI is InChI=1S/C22H27ClN2O3S.ClH/c1-25(15-14-16-6-10-18(23)11-7-16)21-5-3-4-20(21)24-22(26)17-8-12-19(13-9-17)29(2,27)28;/h6-13,20-21H,3-5,14-15H2,1-2H3,(H,24,26);1H/t20-,21-;/m1./s1. The molecule has 1 N–H and O–H groups in total. The van der Waals surface area contributed by atoms with E-state index in [1.807, 2.05) is 24.3 Å². The molecule has 2 aromatic carbocycles. The third-order valence-electron chi connectivity index (χ3n) is 5.57. The van der Waals surface area contributed by atoms with Crippen LogP contribution in [0.2, 0.25) is 5.02 Å². The lowest BCUT2D eigenvalue weighted by Gasteiger charge is -2.30. The van der Waals surface area contributed by atoms with Gasteiger partial charge in [-0.05, 0) is 74.7 Å². The first-order chi connectivity index (χ1) is 13.7. The molecule has 0 aliphatic heterocycles. The minimum Gasteiger partial charge on any atom is -0.348 e. The van der Waals surface area contributed by atoms with E-state index >= 15 is 0 Å². The second kappa shape index (κ2) is 10.6. The first kappa shape index (κ1) is 24.7. The van der Waals surface area contributed by atoms with Crippen molar-refractivity contribution in [3.05, 3.63) is 64.7 Å². The third kappa shape index (κ3) is 6.45. The molecule has 5 nitrogen and oxygen atoms in total. The maximum atomic E-state index is 12.6. The predicted molar refractivity (Wildman–Crippen MR) is 123 cm³/mol. The summed E-state index contributed by atoms with van der Waals surface area (Å²) in [6.07, 6.45) is 5.16. The first-order valence-electron chi connectivity index (χ1n) is 9.80. The largest absolute Gasteiger partial charge is 0.348 e. The van der Waals surface area contributed by atoms with Crippen molar-refractivity contribution >= 4 is 39.8 Å². The second-order valence-electron chi connectivity index (χ2n) is 7.73. The number of hydrogen-bond acceptors (Lipinski definition) is 4. The molecule has 1 amide bonds. The fourth-order valence-corrected chi connectivity index (χ4v) is 4.62. The number of halogens is 2. The number of nitrogens with one attached hydrogen (secondary N) is 1. The van der Waals surface area contributed by atoms with Gasteiger partial charge in [0.15, 0.2) is 9.84 Å². The predicted octanol–water partition coefficient (Wildman–Crippen LogP) is 3.99. The smallest absolute Gasteiger partial charge is 0.251 e. The molecule has 0 bridgehead atoms. The van der Waals surface area contributed by atoms with Gasteiger partial charge in [-0.3, -0.25) is 4.79 Å². The summed E-state index contributed by atoms with van der Waals surface area (Å²) in [5.41, 5.74) is 1.72. The Morgan fingerprint density at radius 1 is 1.10 bits per heavy atom. The summed E-state index contributed by atoms with van der Waals surface area (Å²) in [6, 6.07) is 14.4. The van der Waals surface area contributed by atoms with E-state index in [4.69, 9.17) is 11.6 Å². The van der Waals surface area contributed by atoms with Crippen molar-refractivity contribution in [1.29, 1.82) is 0 Å². The van der Waals surface area contributed by atoms with E-state index in [0.717, 1.165) is 43.5 Å². The summed E-state index contributed by atoms with van der Waals surface area (Å²) in [5, 5.41) is 3.88. The molecule has 1 saturated carbocycles. The Labute approximate surface area is 190 Å². The highest BCUT2D eigenvalue weighted by Gasteiger charge is 2.31. The molecular formula is C22H28Cl2N2O3S. The highest BCUT2D eigenvalue weighted by atomic mass is 35.5. The van der Waals surface area contributed by atoms with Crippen LogP contribution in [-0.2, 0) is 16.3 Å². The molecule has 1 aliphatic rings. The highest BCUT2D eigenvalue weighted by Crippen LogP contribution is 2.24. The van der Waals surface area contributed by atoms with Gasteiger partial charge in [-0.2, -0.15) is 0 Å². The Hall–Kier alpha value is -1.60. The molecule has 0 radical (unpaired) electrons. The monoisotopic (exact) mass is 470 g/mol. The molecule has 3 rings (SSSR count). The molecule has 0 saturated heterocycles. The number of carbonyl (C=O) groups excluding carboxylic acids is 1. The molecular weight excluding hydrogens is 443 g/mol. The molecule has 0 heterocycles. The zero-order valence-corrected chi connectivity index (χ0v) is 19.6. The van der Waals surface area contributed by atoms with Gasteiger partial charge in [-0.15, -0.1) is 12.4 Å². The molecule has 1 fully saturated rings. The summed E-state index contributed by atoms with van der Waals surface area (Å²) in [4.78, 5) is 15.2. The number of sulfone groups is 1. The first-order valence-corrected chi connectivity index (χ1v) is 12.1. The van der Waals surface area contributed by atoms with E-state index in [1.165, 1.54) is 17.7 Å². The number of likely N-dealkylation sites (N-methyl/N-ethyl adjacent to an activating group) is 1. The summed E-state index contributed by atoms with van der Waals surface area (Å²) < 4.78 is 23.2. The molecule has 164 valence electrons. The Balaban J connectivity index is 0.00000320. The Bertz CT molecular complexity index is 947. The van der Waals surface area contributed by atoms with Crippen molar-refractivity contribution in [2.45, 2.75) is 42.7 Å². The Morgan fingerprint density at radius 3 is 2.33 bits per heavy atom. The lowest BCUT2D eigenvalue weighted by atomic mass is 10.1. The summed E-state index contributed by atoms with van der Waals surface area (Å²) in [7, 11) is -1.16. The molecule has 0 spiro atoms. The molecule has 2 aromatic rings.